The summed E-state index contributed by atoms with van der Waals surface area (Å²) < 4.78 is 9.94. The van der Waals surface area contributed by atoms with Crippen molar-refractivity contribution in [2.24, 2.45) is 5.10 Å². The highest BCUT2D eigenvalue weighted by Crippen LogP contribution is 2.28. The number of amides is 1. The molecule has 1 heterocycles. The molecule has 5 nitrogen and oxygen atoms in total. The summed E-state index contributed by atoms with van der Waals surface area (Å²) in [5.41, 5.74) is 3.41. The minimum Gasteiger partial charge on any atom is -0.452 e. The summed E-state index contributed by atoms with van der Waals surface area (Å²) in [6.45, 7) is 2.05. The van der Waals surface area contributed by atoms with E-state index in [4.69, 9.17) is 4.42 Å². The number of methoxy groups -OCH3 is 1. The van der Waals surface area contributed by atoms with E-state index in [0.717, 1.165) is 9.99 Å². The lowest BCUT2D eigenvalue weighted by Crippen LogP contribution is -2.16. The molecule has 104 valence electrons. The number of furan rings is 1. The Kier molecular flexibility index (Phi) is 4.84. The molecule has 2 aromatic rings. The molecule has 1 aromatic heterocycles. The van der Waals surface area contributed by atoms with Gasteiger partial charge in [0.15, 0.2) is 5.09 Å². The van der Waals surface area contributed by atoms with Crippen LogP contribution in [0.4, 0.5) is 4.79 Å². The van der Waals surface area contributed by atoms with Crippen LogP contribution in [-0.2, 0) is 4.74 Å². The molecule has 20 heavy (non-hydrogen) atoms. The Morgan fingerprint density at radius 2 is 2.05 bits per heavy atom. The monoisotopic (exact) mass is 290 g/mol. The SMILES string of the molecule is COC(=O)N/N=C/c1ccc(Sc2ccc(C)cc2)o1. The predicted molar refractivity (Wildman–Crippen MR) is 77.1 cm³/mol. The topological polar surface area (TPSA) is 63.8 Å². The molecule has 0 fully saturated rings. The first kappa shape index (κ1) is 14.2. The van der Waals surface area contributed by atoms with Crippen molar-refractivity contribution in [2.45, 2.75) is 16.9 Å². The van der Waals surface area contributed by atoms with Gasteiger partial charge < -0.3 is 9.15 Å². The maximum absolute atomic E-state index is 10.8. The molecular formula is C14H14N2O3S. The van der Waals surface area contributed by atoms with Crippen molar-refractivity contribution < 1.29 is 13.9 Å². The third-order valence-corrected chi connectivity index (χ3v) is 3.30. The second-order valence-corrected chi connectivity index (χ2v) is 5.01. The molecule has 0 spiro atoms. The van der Waals surface area contributed by atoms with Crippen LogP contribution in [0.25, 0.3) is 0 Å². The number of carbonyl (C=O) groups is 1. The molecule has 1 amide bonds. The average molecular weight is 290 g/mol. The number of hydrogen-bond acceptors (Lipinski definition) is 5. The summed E-state index contributed by atoms with van der Waals surface area (Å²) in [6.07, 6.45) is 0.790. The van der Waals surface area contributed by atoms with E-state index in [-0.39, 0.29) is 0 Å². The Balaban J connectivity index is 1.95. The molecule has 1 N–H and O–H groups in total. The minimum atomic E-state index is -0.623. The molecule has 0 unspecified atom stereocenters. The van der Waals surface area contributed by atoms with Crippen molar-refractivity contribution in [1.29, 1.82) is 0 Å². The molecule has 0 aliphatic rings. The van der Waals surface area contributed by atoms with E-state index in [0.29, 0.717) is 5.76 Å². The maximum atomic E-state index is 10.8. The van der Waals surface area contributed by atoms with Gasteiger partial charge in [0.1, 0.15) is 5.76 Å². The molecule has 1 aromatic carbocycles. The Morgan fingerprint density at radius 3 is 2.75 bits per heavy atom. The van der Waals surface area contributed by atoms with E-state index in [1.54, 1.807) is 6.07 Å². The summed E-state index contributed by atoms with van der Waals surface area (Å²) in [5, 5.41) is 4.45. The fourth-order valence-electron chi connectivity index (χ4n) is 1.38. The molecule has 0 radical (unpaired) electrons. The number of aryl methyl sites for hydroxylation is 1. The Bertz CT molecular complexity index is 605. The van der Waals surface area contributed by atoms with E-state index in [1.807, 2.05) is 37.3 Å². The van der Waals surface area contributed by atoms with Gasteiger partial charge in [0.05, 0.1) is 13.3 Å². The lowest BCUT2D eigenvalue weighted by atomic mass is 10.2. The number of nitrogens with zero attached hydrogens (tertiary/aromatic N) is 1. The highest BCUT2D eigenvalue weighted by atomic mass is 32.2. The molecule has 6 heteroatoms. The Labute approximate surface area is 121 Å². The Morgan fingerprint density at radius 1 is 1.30 bits per heavy atom. The zero-order valence-corrected chi connectivity index (χ0v) is 11.9. The van der Waals surface area contributed by atoms with Gasteiger partial charge in [0.2, 0.25) is 0 Å². The van der Waals surface area contributed by atoms with Gasteiger partial charge >= 0.3 is 6.09 Å². The largest absolute Gasteiger partial charge is 0.452 e. The third-order valence-electron chi connectivity index (χ3n) is 2.37. The van der Waals surface area contributed by atoms with Gasteiger partial charge in [-0.3, -0.25) is 0 Å². The van der Waals surface area contributed by atoms with Gasteiger partial charge in [-0.15, -0.1) is 0 Å². The molecule has 0 saturated carbocycles. The molecule has 0 bridgehead atoms. The normalized spacial score (nSPS) is 10.7. The lowest BCUT2D eigenvalue weighted by Gasteiger charge is -1.98. The number of carbonyl (C=O) groups excluding carboxylic acids is 1. The summed E-state index contributed by atoms with van der Waals surface area (Å²) in [4.78, 5) is 11.9. The first-order valence-corrected chi connectivity index (χ1v) is 6.70. The average Bonchev–Trinajstić information content (AvgIpc) is 2.89. The van der Waals surface area contributed by atoms with E-state index >= 15 is 0 Å². The van der Waals surface area contributed by atoms with E-state index in [9.17, 15) is 4.79 Å². The van der Waals surface area contributed by atoms with Gasteiger partial charge in [-0.25, -0.2) is 10.2 Å². The van der Waals surface area contributed by atoms with E-state index < -0.39 is 6.09 Å². The van der Waals surface area contributed by atoms with Crippen molar-refractivity contribution in [1.82, 2.24) is 5.43 Å². The highest BCUT2D eigenvalue weighted by molar-refractivity contribution is 7.99. The van der Waals surface area contributed by atoms with E-state index in [2.05, 4.69) is 15.3 Å². The number of ether oxygens (including phenoxy) is 1. The van der Waals surface area contributed by atoms with Crippen molar-refractivity contribution in [3.8, 4) is 0 Å². The Hall–Kier alpha value is -2.21. The van der Waals surface area contributed by atoms with Gasteiger partial charge in [-0.1, -0.05) is 29.5 Å². The number of benzene rings is 1. The van der Waals surface area contributed by atoms with Crippen LogP contribution in [0, 0.1) is 6.92 Å². The zero-order valence-electron chi connectivity index (χ0n) is 11.1. The predicted octanol–water partition coefficient (Wildman–Crippen LogP) is 3.43. The summed E-state index contributed by atoms with van der Waals surface area (Å²) in [6, 6.07) is 11.8. The fraction of sp³-hybridized carbons (Fsp3) is 0.143. The van der Waals surface area contributed by atoms with Crippen molar-refractivity contribution in [2.75, 3.05) is 7.11 Å². The van der Waals surface area contributed by atoms with Crippen molar-refractivity contribution in [3.05, 3.63) is 47.7 Å². The smallest absolute Gasteiger partial charge is 0.427 e. The van der Waals surface area contributed by atoms with Gasteiger partial charge in [0, 0.05) is 4.90 Å². The van der Waals surface area contributed by atoms with Gasteiger partial charge in [0.25, 0.3) is 0 Å². The quantitative estimate of drug-likeness (QED) is 0.692. The third kappa shape index (κ3) is 4.17. The zero-order chi connectivity index (χ0) is 14.4. The standard InChI is InChI=1S/C14H14N2O3S/c1-10-3-6-12(7-4-10)20-13-8-5-11(19-13)9-15-16-14(17)18-2/h3-9H,1-2H3,(H,16,17)/b15-9+. The first-order valence-electron chi connectivity index (χ1n) is 5.89. The first-order chi connectivity index (χ1) is 9.67. The molecular weight excluding hydrogens is 276 g/mol. The van der Waals surface area contributed by atoms with Gasteiger partial charge in [-0.2, -0.15) is 5.10 Å². The number of rotatable bonds is 4. The van der Waals surface area contributed by atoms with Crippen LogP contribution in [0.1, 0.15) is 11.3 Å². The van der Waals surface area contributed by atoms with Crippen molar-refractivity contribution >= 4 is 24.1 Å². The van der Waals surface area contributed by atoms with Crippen LogP contribution in [0.2, 0.25) is 0 Å². The lowest BCUT2D eigenvalue weighted by molar-refractivity contribution is 0.171. The summed E-state index contributed by atoms with van der Waals surface area (Å²) in [7, 11) is 1.27. The van der Waals surface area contributed by atoms with Crippen LogP contribution >= 0.6 is 11.8 Å². The minimum absolute atomic E-state index is 0.552. The molecule has 2 rings (SSSR count). The van der Waals surface area contributed by atoms with Crippen LogP contribution in [0.3, 0.4) is 0 Å². The van der Waals surface area contributed by atoms with Crippen LogP contribution in [0.15, 0.2) is 55.9 Å². The van der Waals surface area contributed by atoms with Crippen LogP contribution in [-0.4, -0.2) is 19.4 Å². The van der Waals surface area contributed by atoms with Crippen LogP contribution in [0.5, 0.6) is 0 Å². The second kappa shape index (κ2) is 6.81. The van der Waals surface area contributed by atoms with Crippen molar-refractivity contribution in [3.63, 3.8) is 0 Å². The molecule has 0 aliphatic heterocycles. The highest BCUT2D eigenvalue weighted by Gasteiger charge is 2.03. The fourth-order valence-corrected chi connectivity index (χ4v) is 2.15. The van der Waals surface area contributed by atoms with Crippen LogP contribution < -0.4 is 5.43 Å². The second-order valence-electron chi connectivity index (χ2n) is 3.93. The van der Waals surface area contributed by atoms with Gasteiger partial charge in [-0.05, 0) is 31.2 Å². The van der Waals surface area contributed by atoms with E-state index in [1.165, 1.54) is 30.6 Å². The summed E-state index contributed by atoms with van der Waals surface area (Å²) in [5.74, 6) is 0.552. The molecule has 0 atom stereocenters. The number of hydrogen-bond donors (Lipinski definition) is 1. The molecule has 0 saturated heterocycles. The maximum Gasteiger partial charge on any atom is 0.427 e. The number of nitrogens with one attached hydrogen (secondary N) is 1. The number of hydrazone groups is 1. The molecule has 0 aliphatic carbocycles. The summed E-state index contributed by atoms with van der Waals surface area (Å²) >= 11 is 1.52.